The Kier molecular flexibility index (Phi) is 4.74. The topological polar surface area (TPSA) is 52.7 Å². The van der Waals surface area contributed by atoms with Crippen LogP contribution in [0.1, 0.15) is 22.8 Å². The highest BCUT2D eigenvalue weighted by molar-refractivity contribution is 7.09. The first-order valence-electron chi connectivity index (χ1n) is 8.73. The van der Waals surface area contributed by atoms with Crippen molar-refractivity contribution in [2.75, 3.05) is 31.5 Å². The molecule has 0 aliphatic carbocycles. The quantitative estimate of drug-likeness (QED) is 0.900. The monoisotopic (exact) mass is 373 g/mol. The largest absolute Gasteiger partial charge is 0.340 e. The molecule has 2 aliphatic heterocycles. The highest BCUT2D eigenvalue weighted by Crippen LogP contribution is 2.34. The molecule has 1 aromatic heterocycles. The predicted octanol–water partition coefficient (Wildman–Crippen LogP) is 2.66. The molecular weight excluding hydrogens is 353 g/mol. The zero-order valence-electron chi connectivity index (χ0n) is 14.3. The summed E-state index contributed by atoms with van der Waals surface area (Å²) < 4.78 is 13.5. The lowest BCUT2D eigenvalue weighted by atomic mass is 9.89. The molecule has 0 radical (unpaired) electrons. The molecule has 3 heterocycles. The maximum atomic E-state index is 13.5. The number of rotatable bonds is 3. The van der Waals surface area contributed by atoms with Crippen molar-refractivity contribution in [1.29, 1.82) is 0 Å². The van der Waals surface area contributed by atoms with Crippen molar-refractivity contribution in [3.63, 3.8) is 0 Å². The van der Waals surface area contributed by atoms with Gasteiger partial charge in [-0.15, -0.1) is 11.3 Å². The summed E-state index contributed by atoms with van der Waals surface area (Å²) in [5.41, 5.74) is 1.12. The van der Waals surface area contributed by atoms with Crippen molar-refractivity contribution >= 4 is 28.8 Å². The third-order valence-corrected chi connectivity index (χ3v) is 5.86. The Bertz CT molecular complexity index is 816. The molecule has 0 saturated carbocycles. The average molecular weight is 373 g/mol. The van der Waals surface area contributed by atoms with Crippen LogP contribution in [0.3, 0.4) is 0 Å². The van der Waals surface area contributed by atoms with Gasteiger partial charge in [0.2, 0.25) is 11.8 Å². The number of nitrogens with one attached hydrogen (secondary N) is 1. The Morgan fingerprint density at radius 2 is 2.04 bits per heavy atom. The van der Waals surface area contributed by atoms with E-state index in [1.54, 1.807) is 17.4 Å². The zero-order valence-corrected chi connectivity index (χ0v) is 15.1. The molecule has 1 fully saturated rings. The number of amides is 2. The Labute approximate surface area is 155 Å². The van der Waals surface area contributed by atoms with Crippen LogP contribution < -0.4 is 5.32 Å². The zero-order chi connectivity index (χ0) is 18.1. The van der Waals surface area contributed by atoms with Crippen LogP contribution in [0.2, 0.25) is 0 Å². The summed E-state index contributed by atoms with van der Waals surface area (Å²) in [7, 11) is 0. The van der Waals surface area contributed by atoms with Gasteiger partial charge < -0.3 is 10.2 Å². The summed E-state index contributed by atoms with van der Waals surface area (Å²) in [6, 6.07) is 8.41. The van der Waals surface area contributed by atoms with Gasteiger partial charge in [-0.1, -0.05) is 12.1 Å². The normalized spacial score (nSPS) is 20.6. The van der Waals surface area contributed by atoms with Gasteiger partial charge in [-0.3, -0.25) is 14.5 Å². The first-order chi connectivity index (χ1) is 12.6. The number of piperazine rings is 1. The summed E-state index contributed by atoms with van der Waals surface area (Å²) in [6.07, 6.45) is 0.118. The molecule has 2 aromatic rings. The summed E-state index contributed by atoms with van der Waals surface area (Å²) >= 11 is 1.74. The van der Waals surface area contributed by atoms with Gasteiger partial charge in [0.15, 0.2) is 0 Å². The average Bonchev–Trinajstić information content (AvgIpc) is 3.13. The van der Waals surface area contributed by atoms with E-state index < -0.39 is 11.7 Å². The highest BCUT2D eigenvalue weighted by Gasteiger charge is 2.34. The third-order valence-electron chi connectivity index (χ3n) is 5.00. The van der Waals surface area contributed by atoms with Crippen LogP contribution in [-0.2, 0) is 16.1 Å². The van der Waals surface area contributed by atoms with E-state index in [0.717, 1.165) is 19.6 Å². The smallest absolute Gasteiger partial charge is 0.230 e. The molecule has 0 bridgehead atoms. The molecule has 2 amide bonds. The molecule has 136 valence electrons. The molecule has 1 unspecified atom stereocenters. The van der Waals surface area contributed by atoms with E-state index in [-0.39, 0.29) is 18.2 Å². The number of halogens is 1. The standard InChI is InChI=1S/C19H20FN3O2S/c20-13-3-4-15-16(11-18(24)21-17(15)10-13)19(25)23-7-5-22(6-8-23)12-14-2-1-9-26-14/h1-4,9-10,16H,5-8,11-12H2,(H,21,24). The molecule has 26 heavy (non-hydrogen) atoms. The van der Waals surface area contributed by atoms with Gasteiger partial charge in [0.25, 0.3) is 0 Å². The maximum Gasteiger partial charge on any atom is 0.230 e. The summed E-state index contributed by atoms with van der Waals surface area (Å²) in [5, 5.41) is 4.74. The number of benzene rings is 1. The minimum atomic E-state index is -0.525. The van der Waals surface area contributed by atoms with Crippen molar-refractivity contribution < 1.29 is 14.0 Å². The van der Waals surface area contributed by atoms with E-state index in [4.69, 9.17) is 0 Å². The van der Waals surface area contributed by atoms with E-state index in [2.05, 4.69) is 21.7 Å². The van der Waals surface area contributed by atoms with Crippen molar-refractivity contribution in [3.05, 3.63) is 52.0 Å². The van der Waals surface area contributed by atoms with Crippen molar-refractivity contribution in [1.82, 2.24) is 9.80 Å². The molecule has 2 aliphatic rings. The first-order valence-corrected chi connectivity index (χ1v) is 9.61. The van der Waals surface area contributed by atoms with Crippen molar-refractivity contribution in [2.24, 2.45) is 0 Å². The van der Waals surface area contributed by atoms with Crippen molar-refractivity contribution in [2.45, 2.75) is 18.9 Å². The van der Waals surface area contributed by atoms with Gasteiger partial charge in [-0.25, -0.2) is 4.39 Å². The predicted molar refractivity (Wildman–Crippen MR) is 98.6 cm³/mol. The number of anilines is 1. The molecule has 1 aromatic carbocycles. The second-order valence-electron chi connectivity index (χ2n) is 6.72. The van der Waals surface area contributed by atoms with Crippen LogP contribution in [0, 0.1) is 5.82 Å². The fraction of sp³-hybridized carbons (Fsp3) is 0.368. The molecule has 0 spiro atoms. The second-order valence-corrected chi connectivity index (χ2v) is 7.75. The summed E-state index contributed by atoms with van der Waals surface area (Å²) in [4.78, 5) is 30.5. The lowest BCUT2D eigenvalue weighted by Gasteiger charge is -2.37. The number of carbonyl (C=O) groups is 2. The highest BCUT2D eigenvalue weighted by atomic mass is 32.1. The number of nitrogens with zero attached hydrogens (tertiary/aromatic N) is 2. The number of thiophene rings is 1. The van der Waals surface area contributed by atoms with Gasteiger partial charge in [0.05, 0.1) is 5.92 Å². The lowest BCUT2D eigenvalue weighted by Crippen LogP contribution is -2.50. The van der Waals surface area contributed by atoms with Crippen LogP contribution >= 0.6 is 11.3 Å². The second kappa shape index (κ2) is 7.17. The van der Waals surface area contributed by atoms with Gasteiger partial charge in [0.1, 0.15) is 5.82 Å². The third kappa shape index (κ3) is 3.50. The van der Waals surface area contributed by atoms with Crippen LogP contribution in [0.15, 0.2) is 35.7 Å². The van der Waals surface area contributed by atoms with E-state index in [0.29, 0.717) is 24.3 Å². The molecular formula is C19H20FN3O2S. The first kappa shape index (κ1) is 17.2. The van der Waals surface area contributed by atoms with E-state index >= 15 is 0 Å². The van der Waals surface area contributed by atoms with E-state index in [1.807, 2.05) is 11.0 Å². The van der Waals surface area contributed by atoms with Crippen LogP contribution in [0.25, 0.3) is 0 Å². The van der Waals surface area contributed by atoms with Gasteiger partial charge >= 0.3 is 0 Å². The van der Waals surface area contributed by atoms with Crippen LogP contribution in [0.4, 0.5) is 10.1 Å². The lowest BCUT2D eigenvalue weighted by molar-refractivity contribution is -0.136. The minimum absolute atomic E-state index is 0.0384. The molecule has 1 atom stereocenters. The Morgan fingerprint density at radius 1 is 1.23 bits per heavy atom. The van der Waals surface area contributed by atoms with Gasteiger partial charge in [0, 0.05) is 49.7 Å². The molecule has 4 rings (SSSR count). The minimum Gasteiger partial charge on any atom is -0.340 e. The van der Waals surface area contributed by atoms with Crippen LogP contribution in [-0.4, -0.2) is 47.8 Å². The molecule has 1 saturated heterocycles. The maximum absolute atomic E-state index is 13.5. The molecule has 5 nitrogen and oxygen atoms in total. The molecule has 1 N–H and O–H groups in total. The van der Waals surface area contributed by atoms with Crippen LogP contribution in [0.5, 0.6) is 0 Å². The van der Waals surface area contributed by atoms with E-state index in [1.165, 1.54) is 17.0 Å². The van der Waals surface area contributed by atoms with E-state index in [9.17, 15) is 14.0 Å². The van der Waals surface area contributed by atoms with Gasteiger partial charge in [-0.05, 0) is 29.1 Å². The SMILES string of the molecule is O=C1CC(C(=O)N2CCN(Cc3cccs3)CC2)c2ccc(F)cc2N1. The number of carbonyl (C=O) groups excluding carboxylic acids is 2. The molecule has 7 heteroatoms. The fourth-order valence-corrected chi connectivity index (χ4v) is 4.37. The number of hydrogen-bond acceptors (Lipinski definition) is 4. The van der Waals surface area contributed by atoms with Gasteiger partial charge in [-0.2, -0.15) is 0 Å². The van der Waals surface area contributed by atoms with Crippen molar-refractivity contribution in [3.8, 4) is 0 Å². The Morgan fingerprint density at radius 3 is 2.77 bits per heavy atom. The Hall–Kier alpha value is -2.25. The fourth-order valence-electron chi connectivity index (χ4n) is 3.63. The number of hydrogen-bond donors (Lipinski definition) is 1. The summed E-state index contributed by atoms with van der Waals surface area (Å²) in [6.45, 7) is 3.85. The Balaban J connectivity index is 1.43. The number of fused-ring (bicyclic) bond motifs is 1. The summed E-state index contributed by atoms with van der Waals surface area (Å²) in [5.74, 6) is -1.22.